The summed E-state index contributed by atoms with van der Waals surface area (Å²) < 4.78 is 10.9. The lowest BCUT2D eigenvalue weighted by Gasteiger charge is -2.38. The number of hydrogen-bond donors (Lipinski definition) is 2. The first-order valence-corrected chi connectivity index (χ1v) is 11.8. The molecule has 1 fully saturated rings. The molecule has 1 saturated heterocycles. The van der Waals surface area contributed by atoms with Gasteiger partial charge in [0.2, 0.25) is 0 Å². The molecule has 34 heavy (non-hydrogen) atoms. The number of nitrogens with one attached hydrogen (secondary N) is 2. The third kappa shape index (κ3) is 5.22. The molecule has 1 aromatic heterocycles. The monoisotopic (exact) mass is 468 g/mol. The first kappa shape index (κ1) is 23.7. The van der Waals surface area contributed by atoms with Gasteiger partial charge in [-0.3, -0.25) is 0 Å². The standard InChI is InChI=1S/C24H32N6O4/c1-4-25-23(31)26-18-8-6-17(7-9-18)21-27-20-10-11-29(24(32)34-5-2)14-19(20)22(28-21)30-12-13-33-15-16(30)3/h6-9,16H,4-5,10-15H2,1-3H3,(H2,25,26,31)/t16-/m0/s1. The fourth-order valence-electron chi connectivity index (χ4n) is 4.21. The second-order valence-electron chi connectivity index (χ2n) is 8.35. The number of aromatic nitrogens is 2. The number of ether oxygens (including phenoxy) is 2. The van der Waals surface area contributed by atoms with Gasteiger partial charge in [0.05, 0.1) is 38.1 Å². The molecule has 4 rings (SSSR count). The van der Waals surface area contributed by atoms with Crippen molar-refractivity contribution in [2.45, 2.75) is 39.8 Å². The molecule has 3 amide bonds. The Hall–Kier alpha value is -3.40. The Bertz CT molecular complexity index is 1030. The van der Waals surface area contributed by atoms with Crippen LogP contribution in [-0.2, 0) is 22.4 Å². The maximum Gasteiger partial charge on any atom is 0.410 e. The molecule has 0 saturated carbocycles. The zero-order chi connectivity index (χ0) is 24.1. The fourth-order valence-corrected chi connectivity index (χ4v) is 4.21. The van der Waals surface area contributed by atoms with Gasteiger partial charge in [0.15, 0.2) is 5.82 Å². The second-order valence-corrected chi connectivity index (χ2v) is 8.35. The van der Waals surface area contributed by atoms with Gasteiger partial charge < -0.3 is 29.9 Å². The van der Waals surface area contributed by atoms with Gasteiger partial charge in [-0.2, -0.15) is 0 Å². The van der Waals surface area contributed by atoms with Crippen molar-refractivity contribution in [1.29, 1.82) is 0 Å². The zero-order valence-electron chi connectivity index (χ0n) is 20.0. The number of carbonyl (C=O) groups excluding carboxylic acids is 2. The van der Waals surface area contributed by atoms with Gasteiger partial charge in [-0.1, -0.05) is 0 Å². The van der Waals surface area contributed by atoms with Crippen molar-refractivity contribution in [2.75, 3.05) is 49.7 Å². The van der Waals surface area contributed by atoms with E-state index < -0.39 is 0 Å². The van der Waals surface area contributed by atoms with Crippen LogP contribution in [0.25, 0.3) is 11.4 Å². The third-order valence-corrected chi connectivity index (χ3v) is 5.94. The summed E-state index contributed by atoms with van der Waals surface area (Å²) >= 11 is 0. The highest BCUT2D eigenvalue weighted by atomic mass is 16.6. The Morgan fingerprint density at radius 2 is 1.97 bits per heavy atom. The highest BCUT2D eigenvalue weighted by Gasteiger charge is 2.31. The van der Waals surface area contributed by atoms with E-state index >= 15 is 0 Å². The van der Waals surface area contributed by atoms with Crippen molar-refractivity contribution >= 4 is 23.6 Å². The predicted molar refractivity (Wildman–Crippen MR) is 129 cm³/mol. The number of anilines is 2. The Balaban J connectivity index is 1.67. The smallest absolute Gasteiger partial charge is 0.410 e. The van der Waals surface area contributed by atoms with Gasteiger partial charge in [-0.25, -0.2) is 19.6 Å². The molecule has 2 aliphatic rings. The van der Waals surface area contributed by atoms with Crippen molar-refractivity contribution < 1.29 is 19.1 Å². The Morgan fingerprint density at radius 1 is 1.18 bits per heavy atom. The topological polar surface area (TPSA) is 109 Å². The van der Waals surface area contributed by atoms with Crippen molar-refractivity contribution in [2.24, 2.45) is 0 Å². The minimum atomic E-state index is -0.312. The Labute approximate surface area is 199 Å². The number of rotatable bonds is 5. The minimum Gasteiger partial charge on any atom is -0.450 e. The van der Waals surface area contributed by atoms with E-state index in [2.05, 4.69) is 22.5 Å². The fraction of sp³-hybridized carbons (Fsp3) is 0.500. The first-order valence-electron chi connectivity index (χ1n) is 11.8. The molecule has 0 aliphatic carbocycles. The van der Waals surface area contributed by atoms with Crippen molar-refractivity contribution in [3.8, 4) is 11.4 Å². The molecular weight excluding hydrogens is 436 g/mol. The highest BCUT2D eigenvalue weighted by molar-refractivity contribution is 5.89. The Morgan fingerprint density at radius 3 is 2.68 bits per heavy atom. The van der Waals surface area contributed by atoms with E-state index in [0.717, 1.165) is 29.2 Å². The lowest BCUT2D eigenvalue weighted by atomic mass is 10.0. The molecule has 1 atom stereocenters. The van der Waals surface area contributed by atoms with Crippen LogP contribution in [0.1, 0.15) is 32.0 Å². The van der Waals surface area contributed by atoms with Crippen molar-refractivity contribution in [1.82, 2.24) is 20.2 Å². The van der Waals surface area contributed by atoms with E-state index in [4.69, 9.17) is 19.4 Å². The summed E-state index contributed by atoms with van der Waals surface area (Å²) in [5, 5.41) is 5.52. The van der Waals surface area contributed by atoms with E-state index in [1.54, 1.807) is 4.90 Å². The van der Waals surface area contributed by atoms with Gasteiger partial charge in [-0.05, 0) is 45.0 Å². The molecule has 0 spiro atoms. The van der Waals surface area contributed by atoms with Crippen LogP contribution in [0.15, 0.2) is 24.3 Å². The maximum absolute atomic E-state index is 12.4. The van der Waals surface area contributed by atoms with Gasteiger partial charge >= 0.3 is 12.1 Å². The molecule has 3 heterocycles. The largest absolute Gasteiger partial charge is 0.450 e. The molecule has 0 unspecified atom stereocenters. The highest BCUT2D eigenvalue weighted by Crippen LogP contribution is 2.32. The minimum absolute atomic E-state index is 0.155. The molecule has 0 bridgehead atoms. The van der Waals surface area contributed by atoms with Crippen molar-refractivity contribution in [3.05, 3.63) is 35.5 Å². The number of urea groups is 1. The van der Waals surface area contributed by atoms with Crippen LogP contribution in [0.2, 0.25) is 0 Å². The number of hydrogen-bond acceptors (Lipinski definition) is 7. The summed E-state index contributed by atoms with van der Waals surface area (Å²) in [6.07, 6.45) is 0.320. The summed E-state index contributed by atoms with van der Waals surface area (Å²) in [6.45, 7) is 9.63. The van der Waals surface area contributed by atoms with E-state index in [0.29, 0.717) is 57.4 Å². The summed E-state index contributed by atoms with van der Waals surface area (Å²) in [4.78, 5) is 38.0. The average molecular weight is 469 g/mol. The molecule has 1 aromatic carbocycles. The van der Waals surface area contributed by atoms with Gasteiger partial charge in [0, 0.05) is 42.9 Å². The van der Waals surface area contributed by atoms with E-state index in [1.807, 2.05) is 38.1 Å². The van der Waals surface area contributed by atoms with Crippen LogP contribution in [0.5, 0.6) is 0 Å². The van der Waals surface area contributed by atoms with Crippen LogP contribution >= 0.6 is 0 Å². The first-order chi connectivity index (χ1) is 16.5. The molecule has 182 valence electrons. The number of carbonyl (C=O) groups is 2. The zero-order valence-corrected chi connectivity index (χ0v) is 20.0. The van der Waals surface area contributed by atoms with E-state index in [9.17, 15) is 9.59 Å². The van der Waals surface area contributed by atoms with Gasteiger partial charge in [-0.15, -0.1) is 0 Å². The average Bonchev–Trinajstić information content (AvgIpc) is 2.84. The number of benzene rings is 1. The normalized spacial score (nSPS) is 17.7. The van der Waals surface area contributed by atoms with E-state index in [-0.39, 0.29) is 18.2 Å². The third-order valence-electron chi connectivity index (χ3n) is 5.94. The quantitative estimate of drug-likeness (QED) is 0.694. The van der Waals surface area contributed by atoms with Crippen LogP contribution < -0.4 is 15.5 Å². The molecular formula is C24H32N6O4. The number of morpholine rings is 1. The SMILES string of the molecule is CCNC(=O)Nc1ccc(-c2nc3c(c(N4CCOC[C@@H]4C)n2)CN(C(=O)OCC)CC3)cc1. The number of amides is 3. The summed E-state index contributed by atoms with van der Waals surface area (Å²) in [6, 6.07) is 7.41. The second kappa shape index (κ2) is 10.7. The lowest BCUT2D eigenvalue weighted by molar-refractivity contribution is 0.0967. The molecule has 2 aromatic rings. The van der Waals surface area contributed by atoms with Crippen LogP contribution in [0.4, 0.5) is 21.1 Å². The van der Waals surface area contributed by atoms with Gasteiger partial charge in [0.25, 0.3) is 0 Å². The molecule has 10 heteroatoms. The van der Waals surface area contributed by atoms with Crippen LogP contribution in [0, 0.1) is 0 Å². The van der Waals surface area contributed by atoms with Gasteiger partial charge in [0.1, 0.15) is 5.82 Å². The Kier molecular flexibility index (Phi) is 7.46. The summed E-state index contributed by atoms with van der Waals surface area (Å²) in [7, 11) is 0. The summed E-state index contributed by atoms with van der Waals surface area (Å²) in [5.74, 6) is 1.47. The molecule has 2 N–H and O–H groups in total. The summed E-state index contributed by atoms with van der Waals surface area (Å²) in [5.41, 5.74) is 3.47. The van der Waals surface area contributed by atoms with Crippen LogP contribution in [-0.4, -0.2) is 72.5 Å². The van der Waals surface area contributed by atoms with E-state index in [1.165, 1.54) is 0 Å². The number of nitrogens with zero attached hydrogens (tertiary/aromatic N) is 4. The lowest BCUT2D eigenvalue weighted by Crippen LogP contribution is -2.46. The predicted octanol–water partition coefficient (Wildman–Crippen LogP) is 3.02. The molecule has 10 nitrogen and oxygen atoms in total. The molecule has 2 aliphatic heterocycles. The van der Waals surface area contributed by atoms with Crippen LogP contribution in [0.3, 0.4) is 0 Å². The van der Waals surface area contributed by atoms with Crippen molar-refractivity contribution in [3.63, 3.8) is 0 Å². The number of fused-ring (bicyclic) bond motifs is 1. The maximum atomic E-state index is 12.4. The molecule has 0 radical (unpaired) electrons.